The van der Waals surface area contributed by atoms with Gasteiger partial charge in [0.15, 0.2) is 9.84 Å². The largest absolute Gasteiger partial charge is 0.481 e. The van der Waals surface area contributed by atoms with Gasteiger partial charge in [-0.3, -0.25) is 9.59 Å². The topological polar surface area (TPSA) is 101 Å². The highest BCUT2D eigenvalue weighted by Gasteiger charge is 2.26. The number of carboxylic acids is 1. The average Bonchev–Trinajstić information content (AvgIpc) is 2.12. The Kier molecular flexibility index (Phi) is 5.79. The minimum atomic E-state index is -3.43. The van der Waals surface area contributed by atoms with Crippen molar-refractivity contribution in [2.75, 3.05) is 5.75 Å². The maximum absolute atomic E-state index is 11.6. The number of aliphatic carboxylic acids is 1. The van der Waals surface area contributed by atoms with Crippen LogP contribution in [-0.4, -0.2) is 41.9 Å². The molecule has 0 aromatic carbocycles. The second kappa shape index (κ2) is 6.17. The number of carbonyl (C=O) groups excluding carboxylic acids is 1. The molecule has 0 bridgehead atoms. The van der Waals surface area contributed by atoms with Crippen molar-refractivity contribution in [3.05, 3.63) is 0 Å². The summed E-state index contributed by atoms with van der Waals surface area (Å²) >= 11 is 0. The van der Waals surface area contributed by atoms with Gasteiger partial charge in [-0.1, -0.05) is 0 Å². The van der Waals surface area contributed by atoms with Gasteiger partial charge < -0.3 is 10.4 Å². The van der Waals surface area contributed by atoms with Gasteiger partial charge in [0.05, 0.1) is 5.25 Å². The lowest BCUT2D eigenvalue weighted by Crippen LogP contribution is -2.46. The summed E-state index contributed by atoms with van der Waals surface area (Å²) in [7, 11) is -3.43. The van der Waals surface area contributed by atoms with Crippen LogP contribution in [0.2, 0.25) is 0 Å². The van der Waals surface area contributed by atoms with Crippen molar-refractivity contribution < 1.29 is 23.1 Å². The lowest BCUT2D eigenvalue weighted by molar-refractivity contribution is -0.137. The molecule has 18 heavy (non-hydrogen) atoms. The molecular formula is C11H21NO5S. The van der Waals surface area contributed by atoms with Crippen LogP contribution in [0.5, 0.6) is 0 Å². The van der Waals surface area contributed by atoms with E-state index in [0.717, 1.165) is 0 Å². The van der Waals surface area contributed by atoms with Crippen molar-refractivity contribution in [3.63, 3.8) is 0 Å². The Bertz CT molecular complexity index is 411. The molecule has 2 N–H and O–H groups in total. The summed E-state index contributed by atoms with van der Waals surface area (Å²) < 4.78 is 23.1. The molecule has 0 atom stereocenters. The molecule has 6 nitrogen and oxygen atoms in total. The van der Waals surface area contributed by atoms with Crippen LogP contribution in [-0.2, 0) is 19.4 Å². The van der Waals surface area contributed by atoms with E-state index in [9.17, 15) is 18.0 Å². The van der Waals surface area contributed by atoms with Gasteiger partial charge in [-0.2, -0.15) is 0 Å². The first kappa shape index (κ1) is 16.9. The van der Waals surface area contributed by atoms with Crippen LogP contribution < -0.4 is 5.32 Å². The third-order valence-electron chi connectivity index (χ3n) is 2.49. The van der Waals surface area contributed by atoms with E-state index in [4.69, 9.17) is 5.11 Å². The molecule has 0 unspecified atom stereocenters. The second-order valence-corrected chi connectivity index (χ2v) is 7.74. The maximum Gasteiger partial charge on any atom is 0.303 e. The number of carboxylic acid groups (broad SMARTS) is 1. The van der Waals surface area contributed by atoms with Crippen LogP contribution >= 0.6 is 0 Å². The molecule has 0 aromatic rings. The molecule has 0 fully saturated rings. The van der Waals surface area contributed by atoms with E-state index in [1.807, 2.05) is 0 Å². The predicted octanol–water partition coefficient (Wildman–Crippen LogP) is 0.569. The van der Waals surface area contributed by atoms with Gasteiger partial charge >= 0.3 is 5.97 Å². The Morgan fingerprint density at radius 1 is 1.28 bits per heavy atom. The van der Waals surface area contributed by atoms with E-state index in [0.29, 0.717) is 0 Å². The van der Waals surface area contributed by atoms with Crippen molar-refractivity contribution in [1.29, 1.82) is 0 Å². The molecule has 0 rings (SSSR count). The number of nitrogens with one attached hydrogen (secondary N) is 1. The molecular weight excluding hydrogens is 258 g/mol. The second-order valence-electron chi connectivity index (χ2n) is 5.18. The first-order valence-corrected chi connectivity index (χ1v) is 7.42. The van der Waals surface area contributed by atoms with Gasteiger partial charge in [-0.15, -0.1) is 0 Å². The van der Waals surface area contributed by atoms with Crippen molar-refractivity contribution in [2.24, 2.45) is 0 Å². The van der Waals surface area contributed by atoms with Crippen LogP contribution in [0.1, 0.15) is 40.5 Å². The summed E-state index contributed by atoms with van der Waals surface area (Å²) in [5.74, 6) is -2.12. The van der Waals surface area contributed by atoms with Crippen LogP contribution in [0.3, 0.4) is 0 Å². The van der Waals surface area contributed by atoms with E-state index in [1.165, 1.54) is 13.8 Å². The minimum Gasteiger partial charge on any atom is -0.481 e. The Morgan fingerprint density at radius 3 is 2.17 bits per heavy atom. The zero-order chi connectivity index (χ0) is 14.6. The molecule has 0 aliphatic heterocycles. The lowest BCUT2D eigenvalue weighted by Gasteiger charge is -2.25. The van der Waals surface area contributed by atoms with E-state index in [2.05, 4.69) is 5.32 Å². The highest BCUT2D eigenvalue weighted by molar-refractivity contribution is 7.92. The van der Waals surface area contributed by atoms with Crippen LogP contribution in [0.25, 0.3) is 0 Å². The van der Waals surface area contributed by atoms with E-state index < -0.39 is 38.3 Å². The summed E-state index contributed by atoms with van der Waals surface area (Å²) in [6, 6.07) is 0. The third kappa shape index (κ3) is 6.58. The van der Waals surface area contributed by atoms with Crippen molar-refractivity contribution in [1.82, 2.24) is 5.32 Å². The number of sulfone groups is 1. The zero-order valence-corrected chi connectivity index (χ0v) is 12.0. The molecule has 0 spiro atoms. The fraction of sp³-hybridized carbons (Fsp3) is 0.818. The van der Waals surface area contributed by atoms with E-state index in [-0.39, 0.29) is 12.8 Å². The quantitative estimate of drug-likeness (QED) is 0.709. The summed E-state index contributed by atoms with van der Waals surface area (Å²) in [4.78, 5) is 22.0. The summed E-state index contributed by atoms with van der Waals surface area (Å²) in [6.07, 6.45) is 0.167. The van der Waals surface area contributed by atoms with Crippen molar-refractivity contribution in [2.45, 2.75) is 51.3 Å². The van der Waals surface area contributed by atoms with Crippen LogP contribution in [0.4, 0.5) is 0 Å². The molecule has 0 heterocycles. The molecule has 0 saturated heterocycles. The lowest BCUT2D eigenvalue weighted by atomic mass is 9.98. The molecule has 1 amide bonds. The average molecular weight is 279 g/mol. The number of amides is 1. The van der Waals surface area contributed by atoms with Gasteiger partial charge in [-0.25, -0.2) is 8.42 Å². The summed E-state index contributed by atoms with van der Waals surface area (Å²) in [5.41, 5.74) is -0.734. The Morgan fingerprint density at radius 2 is 1.78 bits per heavy atom. The summed E-state index contributed by atoms with van der Waals surface area (Å²) in [5, 5.41) is 10.5. The number of rotatable bonds is 7. The van der Waals surface area contributed by atoms with Gasteiger partial charge in [0, 0.05) is 12.0 Å². The zero-order valence-electron chi connectivity index (χ0n) is 11.2. The van der Waals surface area contributed by atoms with Gasteiger partial charge in [0.1, 0.15) is 5.75 Å². The standard InChI is InChI=1S/C11H21NO5S/c1-8(2)18(16,17)7-9(13)12-11(3,4)6-5-10(14)15/h8H,5-7H2,1-4H3,(H,12,13)(H,14,15). The Labute approximate surface area is 108 Å². The Balaban J connectivity index is 4.44. The summed E-state index contributed by atoms with van der Waals surface area (Å²) in [6.45, 7) is 6.35. The first-order chi connectivity index (χ1) is 7.96. The van der Waals surface area contributed by atoms with Crippen LogP contribution in [0, 0.1) is 0 Å². The van der Waals surface area contributed by atoms with Gasteiger partial charge in [0.2, 0.25) is 5.91 Å². The smallest absolute Gasteiger partial charge is 0.303 e. The molecule has 0 aromatic heterocycles. The minimum absolute atomic E-state index is 0.0792. The van der Waals surface area contributed by atoms with E-state index >= 15 is 0 Å². The fourth-order valence-corrected chi connectivity index (χ4v) is 2.02. The molecule has 7 heteroatoms. The predicted molar refractivity (Wildman–Crippen MR) is 68.0 cm³/mol. The monoisotopic (exact) mass is 279 g/mol. The number of carbonyl (C=O) groups is 2. The van der Waals surface area contributed by atoms with Crippen molar-refractivity contribution in [3.8, 4) is 0 Å². The maximum atomic E-state index is 11.6. The fourth-order valence-electron chi connectivity index (χ4n) is 1.24. The van der Waals surface area contributed by atoms with Gasteiger partial charge in [0.25, 0.3) is 0 Å². The molecule has 0 saturated carbocycles. The SMILES string of the molecule is CC(C)S(=O)(=O)CC(=O)NC(C)(C)CCC(=O)O. The van der Waals surface area contributed by atoms with Crippen molar-refractivity contribution >= 4 is 21.7 Å². The van der Waals surface area contributed by atoms with Crippen LogP contribution in [0.15, 0.2) is 0 Å². The highest BCUT2D eigenvalue weighted by Crippen LogP contribution is 2.11. The Hall–Kier alpha value is -1.11. The number of hydrogen-bond acceptors (Lipinski definition) is 4. The van der Waals surface area contributed by atoms with E-state index in [1.54, 1.807) is 13.8 Å². The highest BCUT2D eigenvalue weighted by atomic mass is 32.2. The molecule has 0 radical (unpaired) electrons. The number of hydrogen-bond donors (Lipinski definition) is 2. The molecule has 106 valence electrons. The van der Waals surface area contributed by atoms with Gasteiger partial charge in [-0.05, 0) is 34.1 Å². The third-order valence-corrected chi connectivity index (χ3v) is 4.59. The molecule has 0 aliphatic rings. The molecule has 0 aliphatic carbocycles. The first-order valence-electron chi connectivity index (χ1n) is 5.70. The normalized spacial score (nSPS) is 12.5.